The highest BCUT2D eigenvalue weighted by Crippen LogP contribution is 2.32. The molecule has 1 aromatic heterocycles. The van der Waals surface area contributed by atoms with Crippen molar-refractivity contribution in [2.24, 2.45) is 5.92 Å². The van der Waals surface area contributed by atoms with E-state index in [0.29, 0.717) is 11.6 Å². The number of amides is 1. The van der Waals surface area contributed by atoms with E-state index in [1.54, 1.807) is 0 Å². The van der Waals surface area contributed by atoms with Gasteiger partial charge in [0.25, 0.3) is 5.91 Å². The largest absolute Gasteiger partial charge is 0.395 e. The zero-order chi connectivity index (χ0) is 15.5. The predicted molar refractivity (Wildman–Crippen MR) is 81.9 cm³/mol. The molecule has 1 aliphatic rings. The summed E-state index contributed by atoms with van der Waals surface area (Å²) in [6.45, 7) is 4.20. The van der Waals surface area contributed by atoms with Gasteiger partial charge in [-0.15, -0.1) is 0 Å². The van der Waals surface area contributed by atoms with Gasteiger partial charge in [0.1, 0.15) is 0 Å². The lowest BCUT2D eigenvalue weighted by molar-refractivity contribution is 0.0713. The molecule has 1 fully saturated rings. The third-order valence-corrected chi connectivity index (χ3v) is 4.51. The molecule has 118 valence electrons. The van der Waals surface area contributed by atoms with Gasteiger partial charge in [0.2, 0.25) is 0 Å². The second kappa shape index (κ2) is 6.47. The van der Waals surface area contributed by atoms with Crippen LogP contribution in [0, 0.1) is 5.92 Å². The van der Waals surface area contributed by atoms with Crippen molar-refractivity contribution in [1.29, 1.82) is 0 Å². The molecule has 2 rings (SSSR count). The van der Waals surface area contributed by atoms with Crippen LogP contribution in [0.15, 0.2) is 0 Å². The highest BCUT2D eigenvalue weighted by atomic mass is 16.3. The molecule has 0 spiro atoms. The average Bonchev–Trinajstić information content (AvgIpc) is 2.84. The monoisotopic (exact) mass is 294 g/mol. The van der Waals surface area contributed by atoms with Crippen molar-refractivity contribution in [3.05, 3.63) is 11.4 Å². The second-order valence-corrected chi connectivity index (χ2v) is 6.29. The first-order chi connectivity index (χ1) is 10.0. The van der Waals surface area contributed by atoms with E-state index in [1.807, 2.05) is 6.92 Å². The van der Waals surface area contributed by atoms with E-state index in [1.165, 1.54) is 0 Å². The van der Waals surface area contributed by atoms with Crippen LogP contribution >= 0.6 is 0 Å². The number of nitrogens with one attached hydrogen (secondary N) is 2. The van der Waals surface area contributed by atoms with Gasteiger partial charge in [-0.05, 0) is 38.0 Å². The minimum atomic E-state index is -0.528. The van der Waals surface area contributed by atoms with Crippen LogP contribution in [-0.4, -0.2) is 33.4 Å². The Balaban J connectivity index is 2.09. The molecule has 0 radical (unpaired) electrons. The molecule has 0 atom stereocenters. The summed E-state index contributed by atoms with van der Waals surface area (Å²) in [4.78, 5) is 12.4. The van der Waals surface area contributed by atoms with Crippen molar-refractivity contribution in [2.45, 2.75) is 57.9 Å². The number of anilines is 1. The van der Waals surface area contributed by atoms with Crippen LogP contribution in [0.3, 0.4) is 0 Å². The van der Waals surface area contributed by atoms with E-state index < -0.39 is 5.54 Å². The fraction of sp³-hybridized carbons (Fsp3) is 0.733. The molecule has 0 saturated heterocycles. The Labute approximate surface area is 125 Å². The smallest absolute Gasteiger partial charge is 0.274 e. The summed E-state index contributed by atoms with van der Waals surface area (Å²) in [6, 6.07) is 0. The van der Waals surface area contributed by atoms with Gasteiger partial charge in [-0.1, -0.05) is 20.3 Å². The Morgan fingerprint density at radius 3 is 2.76 bits per heavy atom. The number of aliphatic hydroxyl groups excluding tert-OH is 1. The molecular weight excluding hydrogens is 268 g/mol. The van der Waals surface area contributed by atoms with Gasteiger partial charge in [-0.2, -0.15) is 5.10 Å². The summed E-state index contributed by atoms with van der Waals surface area (Å²) in [7, 11) is 0. The maximum atomic E-state index is 12.4. The molecule has 0 bridgehead atoms. The fourth-order valence-corrected chi connectivity index (χ4v) is 2.94. The summed E-state index contributed by atoms with van der Waals surface area (Å²) in [5.41, 5.74) is 6.92. The molecule has 1 heterocycles. The lowest BCUT2D eigenvalue weighted by Gasteiger charge is -2.38. The average molecular weight is 294 g/mol. The van der Waals surface area contributed by atoms with Crippen LogP contribution in [0.1, 0.15) is 62.1 Å². The molecule has 1 amide bonds. The highest BCUT2D eigenvalue weighted by Gasteiger charge is 2.36. The number of carbonyl (C=O) groups is 1. The molecule has 1 aromatic rings. The van der Waals surface area contributed by atoms with Gasteiger partial charge >= 0.3 is 0 Å². The zero-order valence-electron chi connectivity index (χ0n) is 12.9. The number of hydrogen-bond donors (Lipinski definition) is 4. The van der Waals surface area contributed by atoms with Crippen molar-refractivity contribution in [3.8, 4) is 0 Å². The number of nitrogens with two attached hydrogens (primary N) is 1. The number of H-pyrrole nitrogens is 1. The molecule has 0 aliphatic heterocycles. The molecule has 0 unspecified atom stereocenters. The van der Waals surface area contributed by atoms with E-state index in [-0.39, 0.29) is 18.2 Å². The number of aryl methyl sites for hydroxylation is 1. The Morgan fingerprint density at radius 1 is 1.52 bits per heavy atom. The Hall–Kier alpha value is -1.56. The van der Waals surface area contributed by atoms with Crippen LogP contribution in [0.2, 0.25) is 0 Å². The maximum absolute atomic E-state index is 12.4. The van der Waals surface area contributed by atoms with Crippen LogP contribution in [-0.2, 0) is 6.42 Å². The normalized spacial score (nSPS) is 25.8. The van der Waals surface area contributed by atoms with Crippen molar-refractivity contribution in [2.75, 3.05) is 12.3 Å². The number of nitrogens with zero attached hydrogens (tertiary/aromatic N) is 1. The maximum Gasteiger partial charge on any atom is 0.274 e. The lowest BCUT2D eigenvalue weighted by Crippen LogP contribution is -2.53. The minimum Gasteiger partial charge on any atom is -0.395 e. The molecular formula is C15H26N4O2. The molecule has 0 aromatic carbocycles. The van der Waals surface area contributed by atoms with Gasteiger partial charge in [0.05, 0.1) is 23.5 Å². The summed E-state index contributed by atoms with van der Waals surface area (Å²) >= 11 is 0. The van der Waals surface area contributed by atoms with E-state index in [0.717, 1.165) is 44.2 Å². The van der Waals surface area contributed by atoms with E-state index in [2.05, 4.69) is 22.4 Å². The van der Waals surface area contributed by atoms with Crippen LogP contribution in [0.5, 0.6) is 0 Å². The molecule has 6 nitrogen and oxygen atoms in total. The third kappa shape index (κ3) is 3.37. The molecule has 1 aliphatic carbocycles. The fourth-order valence-electron chi connectivity index (χ4n) is 2.94. The molecule has 5 N–H and O–H groups in total. The first kappa shape index (κ1) is 15.8. The van der Waals surface area contributed by atoms with Gasteiger partial charge in [0, 0.05) is 0 Å². The van der Waals surface area contributed by atoms with Gasteiger partial charge in [-0.25, -0.2) is 0 Å². The van der Waals surface area contributed by atoms with Gasteiger partial charge in [-0.3, -0.25) is 9.89 Å². The van der Waals surface area contributed by atoms with E-state index >= 15 is 0 Å². The van der Waals surface area contributed by atoms with Crippen molar-refractivity contribution >= 4 is 11.6 Å². The first-order valence-corrected chi connectivity index (χ1v) is 7.77. The number of hydrogen-bond acceptors (Lipinski definition) is 4. The number of nitrogen functional groups attached to an aromatic ring is 1. The quantitative estimate of drug-likeness (QED) is 0.662. The van der Waals surface area contributed by atoms with Crippen molar-refractivity contribution in [1.82, 2.24) is 15.5 Å². The van der Waals surface area contributed by atoms with E-state index in [9.17, 15) is 9.90 Å². The van der Waals surface area contributed by atoms with Crippen LogP contribution in [0.25, 0.3) is 0 Å². The topological polar surface area (TPSA) is 104 Å². The predicted octanol–water partition coefficient (Wildman–Crippen LogP) is 1.62. The lowest BCUT2D eigenvalue weighted by atomic mass is 9.77. The SMILES string of the molecule is CCCc1[nH]nc(C(=O)NC2(CO)CCC(C)CC2)c1N. The Kier molecular flexibility index (Phi) is 4.88. The number of aliphatic hydroxyl groups is 1. The molecule has 21 heavy (non-hydrogen) atoms. The summed E-state index contributed by atoms with van der Waals surface area (Å²) < 4.78 is 0. The molecule has 1 saturated carbocycles. The number of rotatable bonds is 5. The standard InChI is InChI=1S/C15H26N4O2/c1-3-4-11-12(16)13(19-18-11)14(21)17-15(9-20)7-5-10(2)6-8-15/h10,20H,3-9,16H2,1-2H3,(H,17,21)(H,18,19). The Morgan fingerprint density at radius 2 is 2.19 bits per heavy atom. The highest BCUT2D eigenvalue weighted by molar-refractivity contribution is 5.98. The van der Waals surface area contributed by atoms with Gasteiger partial charge in [0.15, 0.2) is 5.69 Å². The summed E-state index contributed by atoms with van der Waals surface area (Å²) in [5.74, 6) is 0.350. The molecule has 6 heteroatoms. The second-order valence-electron chi connectivity index (χ2n) is 6.29. The van der Waals surface area contributed by atoms with Gasteiger partial charge < -0.3 is 16.2 Å². The first-order valence-electron chi connectivity index (χ1n) is 7.77. The summed E-state index contributed by atoms with van der Waals surface area (Å²) in [5, 5.41) is 19.5. The van der Waals surface area contributed by atoms with Crippen LogP contribution < -0.4 is 11.1 Å². The zero-order valence-corrected chi connectivity index (χ0v) is 12.9. The van der Waals surface area contributed by atoms with E-state index in [4.69, 9.17) is 5.73 Å². The van der Waals surface area contributed by atoms with Crippen molar-refractivity contribution < 1.29 is 9.90 Å². The number of aromatic amines is 1. The van der Waals surface area contributed by atoms with Crippen molar-refractivity contribution in [3.63, 3.8) is 0 Å². The Bertz CT molecular complexity index is 490. The number of aromatic nitrogens is 2. The third-order valence-electron chi connectivity index (χ3n) is 4.51. The minimum absolute atomic E-state index is 0.0440. The number of carbonyl (C=O) groups excluding carboxylic acids is 1. The summed E-state index contributed by atoms with van der Waals surface area (Å²) in [6.07, 6.45) is 5.32. The van der Waals surface area contributed by atoms with Crippen LogP contribution in [0.4, 0.5) is 5.69 Å².